The molecule has 1 unspecified atom stereocenters. The molecule has 0 saturated carbocycles. The van der Waals surface area contributed by atoms with E-state index < -0.39 is 17.2 Å². The zero-order chi connectivity index (χ0) is 30.5. The van der Waals surface area contributed by atoms with E-state index in [1.807, 2.05) is 105 Å². The Labute approximate surface area is 252 Å². The van der Waals surface area contributed by atoms with Crippen molar-refractivity contribution in [2.45, 2.75) is 51.2 Å². The Morgan fingerprint density at radius 2 is 1.40 bits per heavy atom. The molecule has 0 fully saturated rings. The third-order valence-electron chi connectivity index (χ3n) is 7.49. The van der Waals surface area contributed by atoms with Gasteiger partial charge in [0.05, 0.1) is 0 Å². The van der Waals surface area contributed by atoms with E-state index in [-0.39, 0.29) is 5.92 Å². The van der Waals surface area contributed by atoms with Crippen LogP contribution in [0, 0.1) is 6.92 Å². The number of anilines is 1. The monoisotopic (exact) mass is 574 g/mol. The molecule has 5 rings (SSSR count). The summed E-state index contributed by atoms with van der Waals surface area (Å²) in [5.41, 5.74) is 10.5. The average molecular weight is 575 g/mol. The number of benzene rings is 4. The molecule has 0 saturated heterocycles. The number of tetrazole rings is 1. The van der Waals surface area contributed by atoms with Gasteiger partial charge in [0, 0.05) is 24.6 Å². The van der Waals surface area contributed by atoms with Gasteiger partial charge in [-0.25, -0.2) is 9.48 Å². The highest BCUT2D eigenvalue weighted by atomic mass is 16.6. The first-order chi connectivity index (χ1) is 20.7. The molecule has 0 spiro atoms. The van der Waals surface area contributed by atoms with Crippen LogP contribution < -0.4 is 11.1 Å². The Morgan fingerprint density at radius 3 is 1.91 bits per heavy atom. The fourth-order valence-electron chi connectivity index (χ4n) is 5.63. The van der Waals surface area contributed by atoms with Crippen LogP contribution in [0.25, 0.3) is 0 Å². The van der Waals surface area contributed by atoms with Crippen molar-refractivity contribution in [3.05, 3.63) is 143 Å². The topological polar surface area (TPSA) is 108 Å². The summed E-state index contributed by atoms with van der Waals surface area (Å²) in [6.07, 6.45) is -0.0488. The molecule has 4 aromatic carbocycles. The van der Waals surface area contributed by atoms with E-state index in [0.717, 1.165) is 27.8 Å². The molecule has 0 aliphatic carbocycles. The molecular weight excluding hydrogens is 536 g/mol. The SMILES string of the molecule is Cc1ccc(N)cc1C(CNC(=O)OC(C)(C)C)Cc1nnnn1C(c1ccccc1)(c1ccccc1)c1ccccc1. The number of amides is 1. The van der Waals surface area contributed by atoms with Crippen molar-refractivity contribution in [3.8, 4) is 0 Å². The number of carbonyl (C=O) groups is 1. The minimum Gasteiger partial charge on any atom is -0.444 e. The van der Waals surface area contributed by atoms with Gasteiger partial charge >= 0.3 is 6.09 Å². The lowest BCUT2D eigenvalue weighted by Crippen LogP contribution is -2.40. The van der Waals surface area contributed by atoms with Crippen LogP contribution in [0.3, 0.4) is 0 Å². The molecule has 8 nitrogen and oxygen atoms in total. The molecule has 1 heterocycles. The lowest BCUT2D eigenvalue weighted by Gasteiger charge is -2.36. The summed E-state index contributed by atoms with van der Waals surface area (Å²) in [5, 5.41) is 16.4. The Kier molecular flexibility index (Phi) is 8.57. The van der Waals surface area contributed by atoms with Crippen molar-refractivity contribution in [1.29, 1.82) is 0 Å². The van der Waals surface area contributed by atoms with Gasteiger partial charge in [-0.3, -0.25) is 0 Å². The quantitative estimate of drug-likeness (QED) is 0.159. The van der Waals surface area contributed by atoms with E-state index in [2.05, 4.69) is 57.2 Å². The number of carbonyl (C=O) groups excluding carboxylic acids is 1. The standard InChI is InChI=1S/C35H38N6O2/c1-25-20-21-30(36)23-31(25)26(24-37-33(42)43-34(2,3)4)22-32-38-39-40-41(32)35(27-14-8-5-9-15-27,28-16-10-6-11-17-28)29-18-12-7-13-19-29/h5-21,23,26H,22,24,36H2,1-4H3,(H,37,42). The lowest BCUT2D eigenvalue weighted by atomic mass is 9.77. The minimum absolute atomic E-state index is 0.194. The smallest absolute Gasteiger partial charge is 0.407 e. The molecule has 1 amide bonds. The molecule has 0 bridgehead atoms. The number of alkyl carbamates (subject to hydrolysis) is 1. The predicted octanol–water partition coefficient (Wildman–Crippen LogP) is 6.25. The van der Waals surface area contributed by atoms with Crippen molar-refractivity contribution in [2.75, 3.05) is 12.3 Å². The first-order valence-electron chi connectivity index (χ1n) is 14.5. The summed E-state index contributed by atoms with van der Waals surface area (Å²) in [4.78, 5) is 12.7. The van der Waals surface area contributed by atoms with Crippen LogP contribution in [0.15, 0.2) is 109 Å². The van der Waals surface area contributed by atoms with E-state index in [0.29, 0.717) is 24.5 Å². The number of nitrogens with two attached hydrogens (primary N) is 1. The summed E-state index contributed by atoms with van der Waals surface area (Å²) in [7, 11) is 0. The van der Waals surface area contributed by atoms with Crippen LogP contribution in [-0.4, -0.2) is 38.4 Å². The summed E-state index contributed by atoms with van der Waals surface area (Å²) in [6.45, 7) is 7.88. The van der Waals surface area contributed by atoms with Gasteiger partial charge in [-0.2, -0.15) is 0 Å². The van der Waals surface area contributed by atoms with Crippen LogP contribution in [0.5, 0.6) is 0 Å². The summed E-state index contributed by atoms with van der Waals surface area (Å²) >= 11 is 0. The Balaban J connectivity index is 1.65. The van der Waals surface area contributed by atoms with Crippen LogP contribution >= 0.6 is 0 Å². The maximum atomic E-state index is 12.7. The van der Waals surface area contributed by atoms with Gasteiger partial charge in [0.2, 0.25) is 0 Å². The average Bonchev–Trinajstić information content (AvgIpc) is 3.46. The second-order valence-electron chi connectivity index (χ2n) is 11.7. The van der Waals surface area contributed by atoms with Crippen molar-refractivity contribution in [1.82, 2.24) is 25.5 Å². The van der Waals surface area contributed by atoms with E-state index in [1.165, 1.54) is 0 Å². The first kappa shape index (κ1) is 29.5. The molecule has 1 atom stereocenters. The van der Waals surface area contributed by atoms with Crippen LogP contribution in [0.4, 0.5) is 10.5 Å². The number of aromatic nitrogens is 4. The highest BCUT2D eigenvalue weighted by Crippen LogP contribution is 2.41. The van der Waals surface area contributed by atoms with Crippen LogP contribution in [0.2, 0.25) is 0 Å². The van der Waals surface area contributed by atoms with E-state index in [1.54, 1.807) is 0 Å². The molecule has 0 aliphatic heterocycles. The van der Waals surface area contributed by atoms with Crippen molar-refractivity contribution >= 4 is 11.8 Å². The van der Waals surface area contributed by atoms with Crippen molar-refractivity contribution in [3.63, 3.8) is 0 Å². The Hall–Kier alpha value is -4.98. The highest BCUT2D eigenvalue weighted by molar-refractivity contribution is 5.67. The third kappa shape index (κ3) is 6.43. The second-order valence-corrected chi connectivity index (χ2v) is 11.7. The molecule has 0 aliphatic rings. The Morgan fingerprint density at radius 1 is 0.860 bits per heavy atom. The van der Waals surface area contributed by atoms with Gasteiger partial charge in [-0.05, 0) is 78.1 Å². The summed E-state index contributed by atoms with van der Waals surface area (Å²) in [6, 6.07) is 36.7. The number of rotatable bonds is 9. The van der Waals surface area contributed by atoms with Gasteiger partial charge in [-0.1, -0.05) is 97.1 Å². The minimum atomic E-state index is -0.865. The largest absolute Gasteiger partial charge is 0.444 e. The number of nitrogen functional groups attached to an aromatic ring is 1. The van der Waals surface area contributed by atoms with Gasteiger partial charge in [0.1, 0.15) is 11.1 Å². The molecule has 220 valence electrons. The van der Waals surface area contributed by atoms with Crippen molar-refractivity contribution < 1.29 is 9.53 Å². The predicted molar refractivity (Wildman–Crippen MR) is 169 cm³/mol. The summed E-state index contributed by atoms with van der Waals surface area (Å²) in [5.74, 6) is 0.468. The second kappa shape index (κ2) is 12.5. The molecule has 43 heavy (non-hydrogen) atoms. The first-order valence-corrected chi connectivity index (χ1v) is 14.5. The van der Waals surface area contributed by atoms with Gasteiger partial charge in [0.15, 0.2) is 5.82 Å². The summed E-state index contributed by atoms with van der Waals surface area (Å²) < 4.78 is 7.47. The lowest BCUT2D eigenvalue weighted by molar-refractivity contribution is 0.0524. The zero-order valence-electron chi connectivity index (χ0n) is 25.1. The number of ether oxygens (including phenoxy) is 1. The molecular formula is C35H38N6O2. The van der Waals surface area contributed by atoms with Gasteiger partial charge in [-0.15, -0.1) is 5.10 Å². The van der Waals surface area contributed by atoms with Gasteiger partial charge < -0.3 is 15.8 Å². The fourth-order valence-corrected chi connectivity index (χ4v) is 5.63. The molecule has 0 radical (unpaired) electrons. The number of hydrogen-bond donors (Lipinski definition) is 2. The van der Waals surface area contributed by atoms with E-state index in [9.17, 15) is 4.79 Å². The third-order valence-corrected chi connectivity index (χ3v) is 7.49. The number of nitrogens with zero attached hydrogens (tertiary/aromatic N) is 4. The van der Waals surface area contributed by atoms with Crippen molar-refractivity contribution in [2.24, 2.45) is 0 Å². The van der Waals surface area contributed by atoms with E-state index in [4.69, 9.17) is 10.5 Å². The number of aryl methyl sites for hydroxylation is 1. The number of hydrogen-bond acceptors (Lipinski definition) is 6. The normalized spacial score (nSPS) is 12.5. The molecule has 8 heteroatoms. The number of nitrogens with one attached hydrogen (secondary N) is 1. The van der Waals surface area contributed by atoms with Crippen LogP contribution in [-0.2, 0) is 16.7 Å². The molecule has 1 aromatic heterocycles. The van der Waals surface area contributed by atoms with E-state index >= 15 is 0 Å². The fraction of sp³-hybridized carbons (Fsp3) is 0.257. The van der Waals surface area contributed by atoms with Gasteiger partial charge in [0.25, 0.3) is 0 Å². The maximum absolute atomic E-state index is 12.7. The molecule has 3 N–H and O–H groups in total. The zero-order valence-corrected chi connectivity index (χ0v) is 25.1. The highest BCUT2D eigenvalue weighted by Gasteiger charge is 2.42. The van der Waals surface area contributed by atoms with Crippen LogP contribution in [0.1, 0.15) is 60.3 Å². The Bertz CT molecular complexity index is 1550. The molecule has 5 aromatic rings. The maximum Gasteiger partial charge on any atom is 0.407 e.